The number of allylic oxidation sites excluding steroid dienone is 1. The second-order valence-corrected chi connectivity index (χ2v) is 7.04. The van der Waals surface area contributed by atoms with Gasteiger partial charge in [0.1, 0.15) is 0 Å². The van der Waals surface area contributed by atoms with E-state index in [4.69, 9.17) is 0 Å². The first-order chi connectivity index (χ1) is 6.65. The molecular formula is C12H18OSi. The van der Waals surface area contributed by atoms with Crippen molar-refractivity contribution in [3.8, 4) is 0 Å². The zero-order valence-corrected chi connectivity index (χ0v) is 10.1. The van der Waals surface area contributed by atoms with Gasteiger partial charge in [0.05, 0.1) is 14.5 Å². The van der Waals surface area contributed by atoms with E-state index in [-0.39, 0.29) is 5.73 Å². The van der Waals surface area contributed by atoms with Crippen LogP contribution >= 0.6 is 0 Å². The lowest BCUT2D eigenvalue weighted by Gasteiger charge is -2.13. The average molecular weight is 206 g/mol. The summed E-state index contributed by atoms with van der Waals surface area (Å²) < 4.78 is 0. The van der Waals surface area contributed by atoms with E-state index in [9.17, 15) is 5.11 Å². The molecule has 0 heterocycles. The second kappa shape index (κ2) is 5.13. The Kier molecular flexibility index (Phi) is 4.11. The molecule has 1 nitrogen and oxygen atoms in total. The standard InChI is InChI=1S/C12H18OSi/c1-4-5-10-6-8-11(9-7-10)12(13)14(2)3/h4,6-9,12-14H,1,5H2,2-3H3. The number of benzene rings is 1. The maximum Gasteiger partial charge on any atom is 0.0709 e. The molecule has 0 radical (unpaired) electrons. The fourth-order valence-electron chi connectivity index (χ4n) is 1.40. The van der Waals surface area contributed by atoms with E-state index >= 15 is 0 Å². The van der Waals surface area contributed by atoms with Gasteiger partial charge in [-0.3, -0.25) is 0 Å². The average Bonchev–Trinajstić information content (AvgIpc) is 2.18. The molecule has 0 aliphatic heterocycles. The minimum atomic E-state index is -0.988. The Hall–Kier alpha value is -0.863. The minimum Gasteiger partial charge on any atom is -0.392 e. The summed E-state index contributed by atoms with van der Waals surface area (Å²) in [6, 6.07) is 8.18. The minimum absolute atomic E-state index is 0.215. The third kappa shape index (κ3) is 2.82. The van der Waals surface area contributed by atoms with Crippen molar-refractivity contribution in [2.45, 2.75) is 25.2 Å². The number of aliphatic hydroxyl groups excluding tert-OH is 1. The first-order valence-corrected chi connectivity index (χ1v) is 8.00. The topological polar surface area (TPSA) is 20.2 Å². The largest absolute Gasteiger partial charge is 0.392 e. The van der Waals surface area contributed by atoms with Crippen molar-refractivity contribution < 1.29 is 5.11 Å². The van der Waals surface area contributed by atoms with Gasteiger partial charge in [-0.1, -0.05) is 43.4 Å². The van der Waals surface area contributed by atoms with Crippen LogP contribution in [0.25, 0.3) is 0 Å². The highest BCUT2D eigenvalue weighted by molar-refractivity contribution is 6.56. The van der Waals surface area contributed by atoms with Gasteiger partial charge in [-0.15, -0.1) is 6.58 Å². The summed E-state index contributed by atoms with van der Waals surface area (Å²) in [4.78, 5) is 0. The highest BCUT2D eigenvalue weighted by Crippen LogP contribution is 2.16. The normalized spacial score (nSPS) is 12.9. The fraction of sp³-hybridized carbons (Fsp3) is 0.333. The van der Waals surface area contributed by atoms with Crippen molar-refractivity contribution in [2.24, 2.45) is 0 Å². The summed E-state index contributed by atoms with van der Waals surface area (Å²) in [6.45, 7) is 8.01. The number of rotatable bonds is 4. The SMILES string of the molecule is C=CCc1ccc(C(O)[SiH](C)C)cc1. The van der Waals surface area contributed by atoms with Gasteiger partial charge in [0.2, 0.25) is 0 Å². The molecule has 1 aromatic rings. The molecule has 1 unspecified atom stereocenters. The zero-order chi connectivity index (χ0) is 10.6. The van der Waals surface area contributed by atoms with Gasteiger partial charge >= 0.3 is 0 Å². The van der Waals surface area contributed by atoms with E-state index in [0.29, 0.717) is 0 Å². The molecule has 0 aliphatic rings. The summed E-state index contributed by atoms with van der Waals surface area (Å²) in [7, 11) is -0.988. The van der Waals surface area contributed by atoms with Crippen molar-refractivity contribution >= 4 is 8.80 Å². The Bertz CT molecular complexity index is 290. The van der Waals surface area contributed by atoms with Gasteiger partial charge < -0.3 is 5.11 Å². The van der Waals surface area contributed by atoms with Crippen molar-refractivity contribution in [1.82, 2.24) is 0 Å². The molecule has 0 aromatic heterocycles. The van der Waals surface area contributed by atoms with Gasteiger partial charge in [0, 0.05) is 0 Å². The van der Waals surface area contributed by atoms with Crippen LogP contribution in [0.2, 0.25) is 13.1 Å². The van der Waals surface area contributed by atoms with Crippen molar-refractivity contribution in [2.75, 3.05) is 0 Å². The Labute approximate surface area is 87.7 Å². The molecule has 1 atom stereocenters. The quantitative estimate of drug-likeness (QED) is 0.593. The van der Waals surface area contributed by atoms with Gasteiger partial charge in [-0.2, -0.15) is 0 Å². The van der Waals surface area contributed by atoms with Gasteiger partial charge in [-0.05, 0) is 17.5 Å². The predicted octanol–water partition coefficient (Wildman–Crippen LogP) is 2.47. The monoisotopic (exact) mass is 206 g/mol. The summed E-state index contributed by atoms with van der Waals surface area (Å²) >= 11 is 0. The Morgan fingerprint density at radius 2 is 1.93 bits per heavy atom. The van der Waals surface area contributed by atoms with Crippen LogP contribution in [0.3, 0.4) is 0 Å². The Balaban J connectivity index is 2.77. The first-order valence-electron chi connectivity index (χ1n) is 5.03. The van der Waals surface area contributed by atoms with Crippen LogP contribution in [0, 0.1) is 0 Å². The second-order valence-electron chi connectivity index (χ2n) is 3.92. The molecule has 14 heavy (non-hydrogen) atoms. The molecular weight excluding hydrogens is 188 g/mol. The summed E-state index contributed by atoms with van der Waals surface area (Å²) in [5.41, 5.74) is 2.09. The van der Waals surface area contributed by atoms with E-state index in [2.05, 4.69) is 31.8 Å². The van der Waals surface area contributed by atoms with Crippen LogP contribution in [0.1, 0.15) is 16.9 Å². The number of aliphatic hydroxyl groups is 1. The predicted molar refractivity (Wildman–Crippen MR) is 64.2 cm³/mol. The summed E-state index contributed by atoms with van der Waals surface area (Å²) in [6.07, 6.45) is 2.79. The third-order valence-corrected chi connectivity index (χ3v) is 3.98. The zero-order valence-electron chi connectivity index (χ0n) is 8.90. The first kappa shape index (κ1) is 11.2. The maximum absolute atomic E-state index is 9.86. The molecule has 0 spiro atoms. The Morgan fingerprint density at radius 1 is 1.36 bits per heavy atom. The lowest BCUT2D eigenvalue weighted by atomic mass is 10.1. The van der Waals surface area contributed by atoms with Crippen LogP contribution in [-0.2, 0) is 6.42 Å². The molecule has 0 aliphatic carbocycles. The van der Waals surface area contributed by atoms with Gasteiger partial charge in [0.25, 0.3) is 0 Å². The molecule has 0 saturated heterocycles. The summed E-state index contributed by atoms with van der Waals surface area (Å²) in [5, 5.41) is 9.86. The molecule has 0 saturated carbocycles. The van der Waals surface area contributed by atoms with E-state index < -0.39 is 8.80 Å². The number of hydrogen-bond donors (Lipinski definition) is 1. The molecule has 1 N–H and O–H groups in total. The van der Waals surface area contributed by atoms with Gasteiger partial charge in [0.15, 0.2) is 0 Å². The summed E-state index contributed by atoms with van der Waals surface area (Å²) in [5.74, 6) is 0. The highest BCUT2D eigenvalue weighted by atomic mass is 28.3. The molecule has 0 amide bonds. The highest BCUT2D eigenvalue weighted by Gasteiger charge is 2.12. The van der Waals surface area contributed by atoms with E-state index in [1.165, 1.54) is 5.56 Å². The smallest absolute Gasteiger partial charge is 0.0709 e. The van der Waals surface area contributed by atoms with E-state index in [0.717, 1.165) is 12.0 Å². The molecule has 76 valence electrons. The van der Waals surface area contributed by atoms with Crippen LogP contribution in [-0.4, -0.2) is 13.9 Å². The van der Waals surface area contributed by atoms with Crippen molar-refractivity contribution in [3.05, 3.63) is 48.0 Å². The lowest BCUT2D eigenvalue weighted by molar-refractivity contribution is 0.254. The molecule has 0 fully saturated rings. The van der Waals surface area contributed by atoms with Crippen LogP contribution in [0.4, 0.5) is 0 Å². The van der Waals surface area contributed by atoms with Crippen LogP contribution in [0.5, 0.6) is 0 Å². The molecule has 2 heteroatoms. The fourth-order valence-corrected chi connectivity index (χ4v) is 2.39. The van der Waals surface area contributed by atoms with Crippen molar-refractivity contribution in [3.63, 3.8) is 0 Å². The molecule has 1 rings (SSSR count). The molecule has 0 bridgehead atoms. The van der Waals surface area contributed by atoms with Crippen LogP contribution < -0.4 is 0 Å². The third-order valence-electron chi connectivity index (χ3n) is 2.33. The Morgan fingerprint density at radius 3 is 2.36 bits per heavy atom. The lowest BCUT2D eigenvalue weighted by Crippen LogP contribution is -2.15. The van der Waals surface area contributed by atoms with Gasteiger partial charge in [-0.25, -0.2) is 0 Å². The number of hydrogen-bond acceptors (Lipinski definition) is 1. The molecule has 1 aromatic carbocycles. The van der Waals surface area contributed by atoms with E-state index in [1.54, 1.807) is 0 Å². The van der Waals surface area contributed by atoms with Crippen molar-refractivity contribution in [1.29, 1.82) is 0 Å². The van der Waals surface area contributed by atoms with E-state index in [1.807, 2.05) is 18.2 Å². The van der Waals surface area contributed by atoms with Crippen LogP contribution in [0.15, 0.2) is 36.9 Å². The maximum atomic E-state index is 9.86.